The number of anilines is 1. The minimum absolute atomic E-state index is 0.00521. The van der Waals surface area contributed by atoms with Gasteiger partial charge in [-0.15, -0.1) is 0 Å². The minimum atomic E-state index is 0.00521. The van der Waals surface area contributed by atoms with Crippen LogP contribution in [0.25, 0.3) is 11.5 Å². The maximum atomic E-state index is 13.5. The van der Waals surface area contributed by atoms with Gasteiger partial charge in [0.25, 0.3) is 5.89 Å². The van der Waals surface area contributed by atoms with Gasteiger partial charge in [0.1, 0.15) is 0 Å². The van der Waals surface area contributed by atoms with Crippen LogP contribution in [0.1, 0.15) is 74.3 Å². The second-order valence-corrected chi connectivity index (χ2v) is 9.95. The Balaban J connectivity index is 1.11. The second-order valence-electron chi connectivity index (χ2n) is 9.95. The Kier molecular flexibility index (Phi) is 6.67. The number of nitrogens with zero attached hydrogens (tertiary/aromatic N) is 6. The molecule has 3 aliphatic rings. The molecule has 1 aromatic carbocycles. The third-order valence-corrected chi connectivity index (χ3v) is 7.00. The molecular formula is C26H32N6O4. The average molecular weight is 493 g/mol. The van der Waals surface area contributed by atoms with Crippen LogP contribution in [-0.4, -0.2) is 64.1 Å². The molecule has 2 aliphatic carbocycles. The molecule has 3 fully saturated rings. The molecule has 0 N–H and O–H groups in total. The molecule has 0 atom stereocenters. The fourth-order valence-corrected chi connectivity index (χ4v) is 4.53. The molecule has 36 heavy (non-hydrogen) atoms. The summed E-state index contributed by atoms with van der Waals surface area (Å²) in [6.45, 7) is 2.96. The number of hydrogen-bond donors (Lipinski definition) is 0. The molecule has 0 bridgehead atoms. The summed E-state index contributed by atoms with van der Waals surface area (Å²) in [6, 6.07) is 7.84. The molecular weight excluding hydrogens is 460 g/mol. The summed E-state index contributed by atoms with van der Waals surface area (Å²) in [7, 11) is 0. The van der Waals surface area contributed by atoms with Crippen LogP contribution in [0.2, 0.25) is 0 Å². The van der Waals surface area contributed by atoms with E-state index in [-0.39, 0.29) is 6.03 Å². The summed E-state index contributed by atoms with van der Waals surface area (Å²) in [5.74, 6) is 3.79. The van der Waals surface area contributed by atoms with Gasteiger partial charge in [-0.2, -0.15) is 9.97 Å². The lowest BCUT2D eigenvalue weighted by atomic mass is 10.1. The zero-order chi connectivity index (χ0) is 24.3. The first-order chi connectivity index (χ1) is 17.7. The van der Waals surface area contributed by atoms with E-state index in [2.05, 4.69) is 20.3 Å². The maximum Gasteiger partial charge on any atom is 0.324 e. The summed E-state index contributed by atoms with van der Waals surface area (Å²) < 4.78 is 16.4. The molecule has 3 aromatic rings. The van der Waals surface area contributed by atoms with E-state index in [9.17, 15) is 4.79 Å². The zero-order valence-corrected chi connectivity index (χ0v) is 20.5. The van der Waals surface area contributed by atoms with Crippen LogP contribution in [0, 0.1) is 0 Å². The number of urea groups is 1. The van der Waals surface area contributed by atoms with E-state index in [1.165, 1.54) is 12.8 Å². The summed E-state index contributed by atoms with van der Waals surface area (Å²) in [5.41, 5.74) is 1.66. The first-order valence-electron chi connectivity index (χ1n) is 13.2. The van der Waals surface area contributed by atoms with Crippen LogP contribution in [0.5, 0.6) is 0 Å². The largest absolute Gasteiger partial charge is 0.378 e. The van der Waals surface area contributed by atoms with E-state index >= 15 is 0 Å². The molecule has 3 heterocycles. The number of carbonyl (C=O) groups excluding carboxylic acids is 1. The quantitative estimate of drug-likeness (QED) is 0.379. The van der Waals surface area contributed by atoms with E-state index in [1.807, 2.05) is 34.1 Å². The van der Waals surface area contributed by atoms with Crippen LogP contribution >= 0.6 is 0 Å². The molecule has 2 amide bonds. The van der Waals surface area contributed by atoms with Crippen molar-refractivity contribution in [1.82, 2.24) is 25.2 Å². The number of benzene rings is 1. The number of ether oxygens (including phenoxy) is 1. The number of amides is 2. The molecule has 2 aromatic heterocycles. The average Bonchev–Trinajstić information content (AvgIpc) is 3.86. The molecule has 1 aliphatic heterocycles. The molecule has 190 valence electrons. The van der Waals surface area contributed by atoms with Gasteiger partial charge in [-0.05, 0) is 56.7 Å². The lowest BCUT2D eigenvalue weighted by Gasteiger charge is -2.33. The smallest absolute Gasteiger partial charge is 0.324 e. The van der Waals surface area contributed by atoms with E-state index in [1.54, 1.807) is 0 Å². The Morgan fingerprint density at radius 3 is 2.47 bits per heavy atom. The zero-order valence-electron chi connectivity index (χ0n) is 20.5. The Hall–Kier alpha value is -3.27. The van der Waals surface area contributed by atoms with E-state index in [4.69, 9.17) is 13.8 Å². The highest BCUT2D eigenvalue weighted by molar-refractivity contribution is 5.92. The first-order valence-corrected chi connectivity index (χ1v) is 13.2. The van der Waals surface area contributed by atoms with Crippen molar-refractivity contribution in [2.24, 2.45) is 0 Å². The second kappa shape index (κ2) is 10.4. The van der Waals surface area contributed by atoms with Gasteiger partial charge in [-0.1, -0.05) is 22.8 Å². The maximum absolute atomic E-state index is 13.5. The fourth-order valence-electron chi connectivity index (χ4n) is 4.53. The molecule has 0 spiro atoms. The number of aryl methyl sites for hydroxylation is 1. The van der Waals surface area contributed by atoms with Gasteiger partial charge in [0.2, 0.25) is 5.89 Å². The van der Waals surface area contributed by atoms with Crippen LogP contribution in [-0.2, 0) is 11.2 Å². The highest BCUT2D eigenvalue weighted by Crippen LogP contribution is 2.39. The van der Waals surface area contributed by atoms with Crippen molar-refractivity contribution in [2.45, 2.75) is 63.2 Å². The highest BCUT2D eigenvalue weighted by atomic mass is 16.5. The Bertz CT molecular complexity index is 1180. The molecule has 6 rings (SSSR count). The van der Waals surface area contributed by atoms with E-state index in [0.717, 1.165) is 67.3 Å². The normalized spacial score (nSPS) is 17.9. The van der Waals surface area contributed by atoms with Gasteiger partial charge >= 0.3 is 6.03 Å². The highest BCUT2D eigenvalue weighted by Gasteiger charge is 2.30. The molecule has 0 radical (unpaired) electrons. The predicted molar refractivity (Wildman–Crippen MR) is 131 cm³/mol. The summed E-state index contributed by atoms with van der Waals surface area (Å²) in [5, 5.41) is 8.24. The number of morpholine rings is 1. The van der Waals surface area contributed by atoms with Crippen molar-refractivity contribution >= 4 is 11.7 Å². The van der Waals surface area contributed by atoms with Gasteiger partial charge < -0.3 is 18.7 Å². The summed E-state index contributed by atoms with van der Waals surface area (Å²) in [6.07, 6.45) is 8.12. The van der Waals surface area contributed by atoms with Gasteiger partial charge in [-0.3, -0.25) is 4.90 Å². The van der Waals surface area contributed by atoms with Gasteiger partial charge in [0.05, 0.1) is 13.2 Å². The van der Waals surface area contributed by atoms with Crippen molar-refractivity contribution in [3.63, 3.8) is 0 Å². The van der Waals surface area contributed by atoms with Crippen molar-refractivity contribution in [2.75, 3.05) is 37.7 Å². The van der Waals surface area contributed by atoms with Gasteiger partial charge in [-0.25, -0.2) is 4.79 Å². The van der Waals surface area contributed by atoms with Crippen molar-refractivity contribution < 1.29 is 18.6 Å². The van der Waals surface area contributed by atoms with Gasteiger partial charge in [0, 0.05) is 49.1 Å². The fraction of sp³-hybridized carbons (Fsp3) is 0.577. The molecule has 2 saturated carbocycles. The van der Waals surface area contributed by atoms with Crippen LogP contribution in [0.4, 0.5) is 10.5 Å². The Labute approximate surface area is 210 Å². The lowest BCUT2D eigenvalue weighted by molar-refractivity contribution is 0.0548. The number of aromatic nitrogens is 4. The van der Waals surface area contributed by atoms with Crippen LogP contribution in [0.3, 0.4) is 0 Å². The lowest BCUT2D eigenvalue weighted by Crippen LogP contribution is -2.48. The molecule has 10 nitrogen and oxygen atoms in total. The summed E-state index contributed by atoms with van der Waals surface area (Å²) in [4.78, 5) is 26.3. The minimum Gasteiger partial charge on any atom is -0.378 e. The predicted octanol–water partition coefficient (Wildman–Crippen LogP) is 4.55. The number of rotatable bonds is 10. The Morgan fingerprint density at radius 2 is 1.69 bits per heavy atom. The van der Waals surface area contributed by atoms with E-state index < -0.39 is 0 Å². The third kappa shape index (κ3) is 5.43. The standard InChI is InChI=1S/C26H32N6O4/c33-26(31-13-15-34-16-14-31)32(12-3-1-2-7-22-27-23(29-35-22)18-8-9-18)21-6-4-5-20(17-21)25-28-24(30-36-25)19-10-11-19/h4-6,17-19H,1-3,7-16H2. The number of carbonyl (C=O) groups is 1. The number of hydrogen-bond acceptors (Lipinski definition) is 8. The topological polar surface area (TPSA) is 111 Å². The van der Waals surface area contributed by atoms with Gasteiger partial charge in [0.15, 0.2) is 11.6 Å². The van der Waals surface area contributed by atoms with Crippen LogP contribution in [0.15, 0.2) is 33.3 Å². The monoisotopic (exact) mass is 492 g/mol. The molecule has 0 unspecified atom stereocenters. The summed E-state index contributed by atoms with van der Waals surface area (Å²) >= 11 is 0. The van der Waals surface area contributed by atoms with Crippen LogP contribution < -0.4 is 4.90 Å². The molecule has 10 heteroatoms. The number of unbranched alkanes of at least 4 members (excludes halogenated alkanes) is 2. The molecule has 1 saturated heterocycles. The first kappa shape index (κ1) is 23.1. The SMILES string of the molecule is O=C(N1CCOCC1)N(CCCCCc1nc(C2CC2)no1)c1cccc(-c2nc(C3CC3)no2)c1. The van der Waals surface area contributed by atoms with Crippen molar-refractivity contribution in [3.8, 4) is 11.5 Å². The Morgan fingerprint density at radius 1 is 0.944 bits per heavy atom. The van der Waals surface area contributed by atoms with E-state index in [0.29, 0.717) is 50.6 Å². The van der Waals surface area contributed by atoms with Crippen molar-refractivity contribution in [1.29, 1.82) is 0 Å². The van der Waals surface area contributed by atoms with Crippen molar-refractivity contribution in [3.05, 3.63) is 41.8 Å². The third-order valence-electron chi connectivity index (χ3n) is 7.00.